The minimum Gasteiger partial charge on any atom is -1.00 e. The van der Waals surface area contributed by atoms with Crippen LogP contribution in [0.3, 0.4) is 0 Å². The molecule has 3 aliphatic rings. The van der Waals surface area contributed by atoms with Gasteiger partial charge in [0.1, 0.15) is 0 Å². The number of hydrogen-bond acceptors (Lipinski definition) is 0. The molecule has 2 aliphatic carbocycles. The summed E-state index contributed by atoms with van der Waals surface area (Å²) in [5.74, 6) is 0. The minimum absolute atomic E-state index is 0. The monoisotopic (exact) mass is 576 g/mol. The average molecular weight is 576 g/mol. The summed E-state index contributed by atoms with van der Waals surface area (Å²) < 4.78 is 3.85. The number of allylic oxidation sites excluding steroid dienone is 8. The summed E-state index contributed by atoms with van der Waals surface area (Å²) >= 11 is -0.953. The van der Waals surface area contributed by atoms with Gasteiger partial charge in [-0.2, -0.15) is 0 Å². The van der Waals surface area contributed by atoms with Crippen LogP contribution < -0.4 is 24.8 Å². The number of hydrogen-bond donors (Lipinski definition) is 0. The van der Waals surface area contributed by atoms with E-state index in [1.165, 1.54) is 19.3 Å². The van der Waals surface area contributed by atoms with Crippen molar-refractivity contribution >= 4 is 8.07 Å². The molecule has 1 heterocycles. The molecule has 0 unspecified atom stereocenters. The molecule has 0 saturated carbocycles. The molecule has 4 heteroatoms. The molecular formula is C22H34Cl2HfSi. The third kappa shape index (κ3) is 3.87. The smallest absolute Gasteiger partial charge is 1.00 e. The van der Waals surface area contributed by atoms with Crippen LogP contribution in [0.2, 0.25) is 18.1 Å². The predicted octanol–water partition coefficient (Wildman–Crippen LogP) is 1.13. The maximum atomic E-state index is 2.70. The zero-order valence-corrected chi connectivity index (χ0v) is 23.7. The molecule has 1 aliphatic heterocycles. The first-order valence-corrected chi connectivity index (χ1v) is 16.0. The van der Waals surface area contributed by atoms with Crippen molar-refractivity contribution in [2.24, 2.45) is 5.41 Å². The Labute approximate surface area is 186 Å². The van der Waals surface area contributed by atoms with Crippen LogP contribution in [0, 0.1) is 5.41 Å². The molecule has 0 aromatic carbocycles. The van der Waals surface area contributed by atoms with Gasteiger partial charge in [0.05, 0.1) is 0 Å². The molecule has 1 saturated heterocycles. The topological polar surface area (TPSA) is 0 Å². The standard InChI is InChI=1S/C12H19Si.C10H15.2ClH.Hf/c1-3-7-13(8-4-9-13)12-6-5-11(2)10-12;1-7-6-10(4,5)9(3)8(7)2;;;/h6H,3-5,7-9H2,1-2H3;1-5H3;2*1H;/q;;;;+2/p-2. The molecule has 0 radical (unpaired) electrons. The quantitative estimate of drug-likeness (QED) is 0.432. The van der Waals surface area contributed by atoms with Crippen LogP contribution in [0.4, 0.5) is 0 Å². The van der Waals surface area contributed by atoms with Gasteiger partial charge in [-0.15, -0.1) is 0 Å². The summed E-state index contributed by atoms with van der Waals surface area (Å²) in [5, 5.41) is 1.97. The summed E-state index contributed by atoms with van der Waals surface area (Å²) in [6, 6.07) is 4.73. The average Bonchev–Trinajstić information content (AvgIpc) is 2.92. The Morgan fingerprint density at radius 1 is 1.04 bits per heavy atom. The van der Waals surface area contributed by atoms with E-state index in [1.807, 2.05) is 11.9 Å². The van der Waals surface area contributed by atoms with Gasteiger partial charge in [0.15, 0.2) is 0 Å². The van der Waals surface area contributed by atoms with E-state index in [-0.39, 0.29) is 24.8 Å². The first-order chi connectivity index (χ1) is 11.2. The Bertz CT molecular complexity index is 691. The Morgan fingerprint density at radius 2 is 1.65 bits per heavy atom. The third-order valence-electron chi connectivity index (χ3n) is 7.23. The number of halogens is 2. The Hall–Kier alpha value is 0.627. The molecule has 0 N–H and O–H groups in total. The van der Waals surface area contributed by atoms with Crippen molar-refractivity contribution in [3.63, 3.8) is 0 Å². The molecule has 26 heavy (non-hydrogen) atoms. The summed E-state index contributed by atoms with van der Waals surface area (Å²) in [5.41, 5.74) is 6.97. The second-order valence-electron chi connectivity index (χ2n) is 8.86. The minimum atomic E-state index is -1.07. The van der Waals surface area contributed by atoms with Crippen molar-refractivity contribution < 1.29 is 47.7 Å². The molecule has 144 valence electrons. The van der Waals surface area contributed by atoms with Crippen molar-refractivity contribution in [3.05, 3.63) is 40.2 Å². The van der Waals surface area contributed by atoms with Crippen molar-refractivity contribution in [2.75, 3.05) is 0 Å². The van der Waals surface area contributed by atoms with E-state index < -0.39 is 31.0 Å². The second kappa shape index (κ2) is 8.97. The van der Waals surface area contributed by atoms with Gasteiger partial charge < -0.3 is 24.8 Å². The maximum absolute atomic E-state index is 2.70. The molecule has 0 aromatic rings. The fraction of sp³-hybridized carbons (Fsp3) is 0.636. The molecule has 1 fully saturated rings. The van der Waals surface area contributed by atoms with E-state index >= 15 is 0 Å². The van der Waals surface area contributed by atoms with E-state index in [0.717, 1.165) is 0 Å². The van der Waals surface area contributed by atoms with Gasteiger partial charge in [-0.05, 0) is 0 Å². The van der Waals surface area contributed by atoms with Gasteiger partial charge in [-0.3, -0.25) is 0 Å². The van der Waals surface area contributed by atoms with Crippen LogP contribution in [0.5, 0.6) is 0 Å². The molecule has 0 nitrogen and oxygen atoms in total. The first-order valence-electron chi connectivity index (χ1n) is 9.82. The largest absolute Gasteiger partial charge is 1.00 e. The van der Waals surface area contributed by atoms with Crippen molar-refractivity contribution in [1.29, 1.82) is 0 Å². The van der Waals surface area contributed by atoms with E-state index in [0.29, 0.717) is 5.41 Å². The molecule has 0 amide bonds. The van der Waals surface area contributed by atoms with Gasteiger partial charge in [-0.25, -0.2) is 0 Å². The zero-order chi connectivity index (χ0) is 17.7. The molecule has 0 aromatic heterocycles. The fourth-order valence-corrected chi connectivity index (χ4v) is 19.2. The summed E-state index contributed by atoms with van der Waals surface area (Å²) in [6.07, 6.45) is 6.88. The van der Waals surface area contributed by atoms with Gasteiger partial charge in [0, 0.05) is 0 Å². The second-order valence-corrected chi connectivity index (χ2v) is 18.0. The van der Waals surface area contributed by atoms with Crippen LogP contribution in [0.25, 0.3) is 0 Å². The SMILES string of the molecule is CCC[Si]1(C2=CCC(C)=[C]2[Hf+2][C]2=C(C)C(C)=C(C)C2(C)C)CCC1.[Cl-].[Cl-]. The summed E-state index contributed by atoms with van der Waals surface area (Å²) in [4.78, 5) is 0. The van der Waals surface area contributed by atoms with Crippen molar-refractivity contribution in [1.82, 2.24) is 0 Å². The van der Waals surface area contributed by atoms with Crippen LogP contribution in [-0.4, -0.2) is 8.07 Å². The molecule has 0 spiro atoms. The van der Waals surface area contributed by atoms with E-state index in [1.54, 1.807) is 40.4 Å². The van der Waals surface area contributed by atoms with Crippen molar-refractivity contribution in [2.45, 2.75) is 85.9 Å². The fourth-order valence-electron chi connectivity index (χ4n) is 5.05. The van der Waals surface area contributed by atoms with Crippen LogP contribution in [-0.2, 0) is 22.9 Å². The Morgan fingerprint density at radius 3 is 2.08 bits per heavy atom. The third-order valence-corrected chi connectivity index (χ3v) is 21.7. The van der Waals surface area contributed by atoms with Crippen LogP contribution in [0.1, 0.15) is 67.7 Å². The van der Waals surface area contributed by atoms with E-state index in [9.17, 15) is 0 Å². The Kier molecular flexibility index (Phi) is 8.51. The molecule has 3 rings (SSSR count). The van der Waals surface area contributed by atoms with Gasteiger partial charge in [0.25, 0.3) is 0 Å². The molecule has 0 bridgehead atoms. The zero-order valence-electron chi connectivity index (χ0n) is 17.6. The van der Waals surface area contributed by atoms with Gasteiger partial charge in [-0.1, -0.05) is 0 Å². The number of rotatable bonds is 5. The molecular weight excluding hydrogens is 542 g/mol. The maximum Gasteiger partial charge on any atom is -1.00 e. The predicted molar refractivity (Wildman–Crippen MR) is 105 cm³/mol. The Balaban J connectivity index is 0.00000169. The van der Waals surface area contributed by atoms with E-state index in [4.69, 9.17) is 0 Å². The van der Waals surface area contributed by atoms with Gasteiger partial charge in [0.2, 0.25) is 0 Å². The molecule has 0 atom stereocenters. The van der Waals surface area contributed by atoms with Gasteiger partial charge >= 0.3 is 162 Å². The van der Waals surface area contributed by atoms with E-state index in [2.05, 4.69) is 54.5 Å². The summed E-state index contributed by atoms with van der Waals surface area (Å²) in [6.45, 7) is 17.0. The van der Waals surface area contributed by atoms with Crippen LogP contribution in [0.15, 0.2) is 40.2 Å². The van der Waals surface area contributed by atoms with Crippen molar-refractivity contribution in [3.8, 4) is 0 Å². The van der Waals surface area contributed by atoms with Crippen LogP contribution >= 0.6 is 0 Å². The summed E-state index contributed by atoms with van der Waals surface area (Å²) in [7, 11) is -1.07. The first kappa shape index (κ1) is 24.7. The normalized spacial score (nSPS) is 23.3.